The van der Waals surface area contributed by atoms with Gasteiger partial charge in [-0.3, -0.25) is 0 Å². The highest BCUT2D eigenvalue weighted by atomic mass is 79.9. The van der Waals surface area contributed by atoms with Gasteiger partial charge < -0.3 is 5.32 Å². The molecule has 86 valence electrons. The predicted molar refractivity (Wildman–Crippen MR) is 70.1 cm³/mol. The molecule has 0 aliphatic carbocycles. The Morgan fingerprint density at radius 3 is 3.18 bits per heavy atom. The average Bonchev–Trinajstić information content (AvgIpc) is 2.97. The third kappa shape index (κ3) is 2.03. The van der Waals surface area contributed by atoms with Gasteiger partial charge in [-0.15, -0.1) is 11.3 Å². The van der Waals surface area contributed by atoms with E-state index in [9.17, 15) is 0 Å². The van der Waals surface area contributed by atoms with Gasteiger partial charge in [-0.25, -0.2) is 9.97 Å². The van der Waals surface area contributed by atoms with Crippen LogP contribution in [0.15, 0.2) is 33.8 Å². The van der Waals surface area contributed by atoms with Crippen LogP contribution < -0.4 is 5.32 Å². The lowest BCUT2D eigenvalue weighted by molar-refractivity contribution is 0.919. The van der Waals surface area contributed by atoms with Crippen LogP contribution in [-0.4, -0.2) is 19.6 Å². The zero-order valence-electron chi connectivity index (χ0n) is 8.67. The van der Waals surface area contributed by atoms with Crippen molar-refractivity contribution >= 4 is 38.7 Å². The lowest BCUT2D eigenvalue weighted by Crippen LogP contribution is -2.05. The summed E-state index contributed by atoms with van der Waals surface area (Å²) < 4.78 is 2.64. The number of anilines is 1. The SMILES string of the molecule is Brc1cnn2c(NCc3cscn3)ccnc12. The second kappa shape index (κ2) is 4.42. The van der Waals surface area contributed by atoms with Gasteiger partial charge in [0.1, 0.15) is 5.82 Å². The van der Waals surface area contributed by atoms with Crippen molar-refractivity contribution in [3.63, 3.8) is 0 Å². The number of fused-ring (bicyclic) bond motifs is 1. The molecular weight excluding hydrogens is 302 g/mol. The van der Waals surface area contributed by atoms with E-state index in [0.29, 0.717) is 6.54 Å². The van der Waals surface area contributed by atoms with E-state index in [1.54, 1.807) is 28.2 Å². The highest BCUT2D eigenvalue weighted by molar-refractivity contribution is 9.10. The van der Waals surface area contributed by atoms with Crippen LogP contribution in [0.1, 0.15) is 5.69 Å². The summed E-state index contributed by atoms with van der Waals surface area (Å²) in [5.74, 6) is 0.897. The van der Waals surface area contributed by atoms with Crippen molar-refractivity contribution in [1.29, 1.82) is 0 Å². The number of thiazole rings is 1. The van der Waals surface area contributed by atoms with E-state index in [1.165, 1.54) is 0 Å². The maximum absolute atomic E-state index is 4.25. The monoisotopic (exact) mass is 309 g/mol. The summed E-state index contributed by atoms with van der Waals surface area (Å²) in [6.45, 7) is 0.681. The Morgan fingerprint density at radius 2 is 2.35 bits per heavy atom. The summed E-state index contributed by atoms with van der Waals surface area (Å²) in [7, 11) is 0. The molecule has 0 aromatic carbocycles. The number of rotatable bonds is 3. The zero-order valence-corrected chi connectivity index (χ0v) is 11.1. The minimum Gasteiger partial charge on any atom is -0.364 e. The summed E-state index contributed by atoms with van der Waals surface area (Å²) in [6, 6.07) is 1.89. The third-order valence-corrected chi connectivity index (χ3v) is 3.49. The van der Waals surface area contributed by atoms with E-state index in [1.807, 2.05) is 17.0 Å². The van der Waals surface area contributed by atoms with Crippen LogP contribution in [-0.2, 0) is 6.54 Å². The number of halogens is 1. The van der Waals surface area contributed by atoms with Gasteiger partial charge in [-0.1, -0.05) is 0 Å². The van der Waals surface area contributed by atoms with Crippen LogP contribution in [0.25, 0.3) is 5.65 Å². The van der Waals surface area contributed by atoms with Gasteiger partial charge in [0.05, 0.1) is 28.4 Å². The number of nitrogens with one attached hydrogen (secondary N) is 1. The molecule has 3 aromatic heterocycles. The highest BCUT2D eigenvalue weighted by Crippen LogP contribution is 2.18. The van der Waals surface area contributed by atoms with Crippen molar-refractivity contribution in [2.45, 2.75) is 6.54 Å². The van der Waals surface area contributed by atoms with Crippen molar-refractivity contribution in [1.82, 2.24) is 19.6 Å². The third-order valence-electron chi connectivity index (χ3n) is 2.29. The Hall–Kier alpha value is -1.47. The van der Waals surface area contributed by atoms with Crippen molar-refractivity contribution in [2.24, 2.45) is 0 Å². The number of hydrogen-bond acceptors (Lipinski definition) is 5. The second-order valence-electron chi connectivity index (χ2n) is 3.39. The van der Waals surface area contributed by atoms with E-state index in [4.69, 9.17) is 0 Å². The van der Waals surface area contributed by atoms with E-state index >= 15 is 0 Å². The first-order valence-corrected chi connectivity index (χ1v) is 6.67. The lowest BCUT2D eigenvalue weighted by Gasteiger charge is -2.06. The fourth-order valence-electron chi connectivity index (χ4n) is 1.50. The van der Waals surface area contributed by atoms with Gasteiger partial charge in [-0.05, 0) is 22.0 Å². The van der Waals surface area contributed by atoms with Gasteiger partial charge in [0.2, 0.25) is 0 Å². The molecule has 0 fully saturated rings. The predicted octanol–water partition coefficient (Wildman–Crippen LogP) is 2.56. The molecule has 0 amide bonds. The molecule has 0 aliphatic rings. The van der Waals surface area contributed by atoms with E-state index in [0.717, 1.165) is 21.6 Å². The minimum atomic E-state index is 0.681. The maximum atomic E-state index is 4.25. The summed E-state index contributed by atoms with van der Waals surface area (Å²) in [4.78, 5) is 8.46. The molecule has 0 radical (unpaired) electrons. The minimum absolute atomic E-state index is 0.681. The largest absolute Gasteiger partial charge is 0.364 e. The van der Waals surface area contributed by atoms with Crippen molar-refractivity contribution in [2.75, 3.05) is 5.32 Å². The Kier molecular flexibility index (Phi) is 2.77. The molecule has 0 bridgehead atoms. The second-order valence-corrected chi connectivity index (χ2v) is 4.96. The van der Waals surface area contributed by atoms with Crippen LogP contribution in [0.2, 0.25) is 0 Å². The topological polar surface area (TPSA) is 55.1 Å². The molecule has 3 rings (SSSR count). The Bertz CT molecular complexity index is 633. The Morgan fingerprint density at radius 1 is 1.41 bits per heavy atom. The molecule has 5 nitrogen and oxygen atoms in total. The lowest BCUT2D eigenvalue weighted by atomic mass is 10.4. The molecule has 3 aromatic rings. The van der Waals surface area contributed by atoms with Crippen LogP contribution in [0.3, 0.4) is 0 Å². The van der Waals surface area contributed by atoms with Gasteiger partial charge >= 0.3 is 0 Å². The van der Waals surface area contributed by atoms with E-state index < -0.39 is 0 Å². The smallest absolute Gasteiger partial charge is 0.171 e. The van der Waals surface area contributed by atoms with Gasteiger partial charge in [0.25, 0.3) is 0 Å². The molecule has 0 saturated carbocycles. The van der Waals surface area contributed by atoms with Crippen LogP contribution in [0.5, 0.6) is 0 Å². The van der Waals surface area contributed by atoms with Crippen molar-refractivity contribution in [3.8, 4) is 0 Å². The molecule has 0 spiro atoms. The number of aromatic nitrogens is 4. The van der Waals surface area contributed by atoms with Crippen LogP contribution >= 0.6 is 27.3 Å². The van der Waals surface area contributed by atoms with Gasteiger partial charge in [0, 0.05) is 11.6 Å². The van der Waals surface area contributed by atoms with E-state index in [-0.39, 0.29) is 0 Å². The zero-order chi connectivity index (χ0) is 11.7. The quantitative estimate of drug-likeness (QED) is 0.808. The van der Waals surface area contributed by atoms with Crippen molar-refractivity contribution < 1.29 is 0 Å². The van der Waals surface area contributed by atoms with Gasteiger partial charge in [-0.2, -0.15) is 9.61 Å². The molecule has 0 unspecified atom stereocenters. The van der Waals surface area contributed by atoms with Crippen LogP contribution in [0.4, 0.5) is 5.82 Å². The summed E-state index contributed by atoms with van der Waals surface area (Å²) >= 11 is 5.00. The first kappa shape index (κ1) is 10.7. The van der Waals surface area contributed by atoms with Crippen molar-refractivity contribution in [3.05, 3.63) is 39.5 Å². The Balaban J connectivity index is 1.90. The molecule has 0 atom stereocenters. The standard InChI is InChI=1S/C10H8BrN5S/c11-8-4-15-16-9(1-2-12-10(8)16)13-3-7-5-17-6-14-7/h1-2,4-6,13H,3H2. The molecular formula is C10H8BrN5S. The fraction of sp³-hybridized carbons (Fsp3) is 0.100. The highest BCUT2D eigenvalue weighted by Gasteiger charge is 2.06. The fourth-order valence-corrected chi connectivity index (χ4v) is 2.42. The summed E-state index contributed by atoms with van der Waals surface area (Å²) in [5, 5.41) is 9.55. The van der Waals surface area contributed by atoms with Crippen LogP contribution in [0, 0.1) is 0 Å². The molecule has 7 heteroatoms. The normalized spacial score (nSPS) is 10.9. The molecule has 0 saturated heterocycles. The average molecular weight is 310 g/mol. The molecule has 0 aliphatic heterocycles. The number of nitrogens with zero attached hydrogens (tertiary/aromatic N) is 4. The summed E-state index contributed by atoms with van der Waals surface area (Å²) in [6.07, 6.45) is 3.49. The Labute approximate surface area is 110 Å². The first-order chi connectivity index (χ1) is 8.34. The first-order valence-electron chi connectivity index (χ1n) is 4.94. The molecule has 17 heavy (non-hydrogen) atoms. The molecule has 3 heterocycles. The van der Waals surface area contributed by atoms with Gasteiger partial charge in [0.15, 0.2) is 5.65 Å². The van der Waals surface area contributed by atoms with E-state index in [2.05, 4.69) is 36.3 Å². The molecule has 1 N–H and O–H groups in total. The number of hydrogen-bond donors (Lipinski definition) is 1. The maximum Gasteiger partial charge on any atom is 0.171 e. The summed E-state index contributed by atoms with van der Waals surface area (Å²) in [5.41, 5.74) is 3.64.